The third-order valence-electron chi connectivity index (χ3n) is 4.25. The zero-order valence-corrected chi connectivity index (χ0v) is 16.2. The van der Waals surface area contributed by atoms with Crippen LogP contribution in [0.25, 0.3) is 0 Å². The maximum absolute atomic E-state index is 12.6. The zero-order valence-electron chi connectivity index (χ0n) is 13.8. The minimum Gasteiger partial charge on any atom is -0.349 e. The quantitative estimate of drug-likeness (QED) is 0.760. The van der Waals surface area contributed by atoms with Gasteiger partial charge in [0.2, 0.25) is 0 Å². The van der Waals surface area contributed by atoms with Gasteiger partial charge in [0.15, 0.2) is 0 Å². The Balaban J connectivity index is 1.79. The van der Waals surface area contributed by atoms with Gasteiger partial charge in [-0.2, -0.15) is 0 Å². The first-order chi connectivity index (χ1) is 12.3. The van der Waals surface area contributed by atoms with Gasteiger partial charge in [-0.1, -0.05) is 42.1 Å². The molecular weight excluding hydrogens is 395 g/mol. The highest BCUT2D eigenvalue weighted by Gasteiger charge is 2.20. The van der Waals surface area contributed by atoms with Crippen LogP contribution in [0.3, 0.4) is 0 Å². The van der Waals surface area contributed by atoms with E-state index >= 15 is 0 Å². The normalized spacial score (nSPS) is 15.0. The molecule has 26 heavy (non-hydrogen) atoms. The van der Waals surface area contributed by atoms with Crippen molar-refractivity contribution in [1.82, 2.24) is 5.32 Å². The highest BCUT2D eigenvalue weighted by Crippen LogP contribution is 2.27. The van der Waals surface area contributed by atoms with Gasteiger partial charge < -0.3 is 5.32 Å². The van der Waals surface area contributed by atoms with Crippen LogP contribution in [-0.2, 0) is 10.0 Å². The molecule has 2 aromatic carbocycles. The molecule has 0 saturated heterocycles. The van der Waals surface area contributed by atoms with E-state index in [0.29, 0.717) is 5.56 Å². The van der Waals surface area contributed by atoms with Gasteiger partial charge in [-0.05, 0) is 49.2 Å². The second kappa shape index (κ2) is 7.86. The molecule has 0 aliphatic heterocycles. The predicted octanol–water partition coefficient (Wildman–Crippen LogP) is 4.47. The monoisotopic (exact) mass is 412 g/mol. The molecule has 1 aliphatic carbocycles. The average Bonchev–Trinajstić information content (AvgIpc) is 3.09. The van der Waals surface area contributed by atoms with Crippen LogP contribution in [0.2, 0.25) is 10.0 Å². The lowest BCUT2D eigenvalue weighted by molar-refractivity contribution is 0.0938. The lowest BCUT2D eigenvalue weighted by Crippen LogP contribution is -2.32. The molecule has 0 aromatic heterocycles. The molecule has 0 spiro atoms. The minimum absolute atomic E-state index is 0.0667. The third kappa shape index (κ3) is 4.50. The van der Waals surface area contributed by atoms with Gasteiger partial charge >= 0.3 is 0 Å². The van der Waals surface area contributed by atoms with Crippen molar-refractivity contribution >= 4 is 44.8 Å². The average molecular weight is 413 g/mol. The van der Waals surface area contributed by atoms with Gasteiger partial charge in [0.25, 0.3) is 15.9 Å². The molecule has 0 radical (unpaired) electrons. The molecule has 2 N–H and O–H groups in total. The highest BCUT2D eigenvalue weighted by molar-refractivity contribution is 7.92. The largest absolute Gasteiger partial charge is 0.349 e. The molecule has 1 aliphatic rings. The van der Waals surface area contributed by atoms with Crippen LogP contribution >= 0.6 is 23.2 Å². The molecule has 1 saturated carbocycles. The first kappa shape index (κ1) is 19.0. The van der Waals surface area contributed by atoms with Gasteiger partial charge in [0, 0.05) is 22.3 Å². The van der Waals surface area contributed by atoms with Crippen LogP contribution in [-0.4, -0.2) is 20.4 Å². The molecule has 8 heteroatoms. The predicted molar refractivity (Wildman–Crippen MR) is 103 cm³/mol. The number of anilines is 1. The number of carbonyl (C=O) groups excluding carboxylic acids is 1. The smallest absolute Gasteiger partial charge is 0.263 e. The summed E-state index contributed by atoms with van der Waals surface area (Å²) in [7, 11) is -3.93. The summed E-state index contributed by atoms with van der Waals surface area (Å²) in [6, 6.07) is 10.7. The van der Waals surface area contributed by atoms with E-state index in [4.69, 9.17) is 23.2 Å². The van der Waals surface area contributed by atoms with Crippen LogP contribution in [0, 0.1) is 0 Å². The highest BCUT2D eigenvalue weighted by atomic mass is 35.5. The topological polar surface area (TPSA) is 75.3 Å². The molecule has 0 bridgehead atoms. The molecule has 2 aromatic rings. The first-order valence-corrected chi connectivity index (χ1v) is 10.5. The number of sulfonamides is 1. The van der Waals surface area contributed by atoms with E-state index < -0.39 is 10.0 Å². The fourth-order valence-corrected chi connectivity index (χ4v) is 4.77. The Bertz CT molecular complexity index is 926. The maximum Gasteiger partial charge on any atom is 0.263 e. The standard InChI is InChI=1S/C18H18Cl2N2O3S/c19-13-8-9-16(20)17(11-13)26(24,25)22-15-7-3-4-12(10-15)18(23)21-14-5-1-2-6-14/h3-4,7-11,14,22H,1-2,5-6H2,(H,21,23). The summed E-state index contributed by atoms with van der Waals surface area (Å²) < 4.78 is 27.6. The molecule has 5 nitrogen and oxygen atoms in total. The van der Waals surface area contributed by atoms with Crippen molar-refractivity contribution in [2.24, 2.45) is 0 Å². The Morgan fingerprint density at radius 2 is 1.77 bits per heavy atom. The first-order valence-electron chi connectivity index (χ1n) is 8.24. The van der Waals surface area contributed by atoms with E-state index in [1.54, 1.807) is 18.2 Å². The molecule has 1 fully saturated rings. The van der Waals surface area contributed by atoms with Crippen molar-refractivity contribution in [1.29, 1.82) is 0 Å². The summed E-state index contributed by atoms with van der Waals surface area (Å²) in [6.07, 6.45) is 4.19. The van der Waals surface area contributed by atoms with Crippen molar-refractivity contribution in [3.8, 4) is 0 Å². The summed E-state index contributed by atoms with van der Waals surface area (Å²) in [5.41, 5.74) is 0.675. The molecule has 0 atom stereocenters. The SMILES string of the molecule is O=C(NC1CCCC1)c1cccc(NS(=O)(=O)c2cc(Cl)ccc2Cl)c1. The van der Waals surface area contributed by atoms with E-state index in [1.165, 1.54) is 24.3 Å². The van der Waals surface area contributed by atoms with Crippen LogP contribution in [0.1, 0.15) is 36.0 Å². The summed E-state index contributed by atoms with van der Waals surface area (Å²) in [5.74, 6) is -0.210. The molecule has 1 amide bonds. The summed E-state index contributed by atoms with van der Waals surface area (Å²) in [6.45, 7) is 0. The van der Waals surface area contributed by atoms with Crippen LogP contribution < -0.4 is 10.0 Å². The molecule has 0 heterocycles. The van der Waals surface area contributed by atoms with Crippen molar-refractivity contribution in [3.05, 3.63) is 58.1 Å². The van der Waals surface area contributed by atoms with Gasteiger partial charge in [0.1, 0.15) is 4.90 Å². The number of rotatable bonds is 5. The van der Waals surface area contributed by atoms with Crippen molar-refractivity contribution < 1.29 is 13.2 Å². The van der Waals surface area contributed by atoms with Gasteiger partial charge in [-0.25, -0.2) is 8.42 Å². The van der Waals surface area contributed by atoms with Gasteiger partial charge in [0.05, 0.1) is 5.02 Å². The fourth-order valence-electron chi connectivity index (χ4n) is 2.96. The Hall–Kier alpha value is -1.76. The lowest BCUT2D eigenvalue weighted by atomic mass is 10.1. The number of carbonyl (C=O) groups is 1. The second-order valence-corrected chi connectivity index (χ2v) is 8.71. The van der Waals surface area contributed by atoms with Gasteiger partial charge in [-0.3, -0.25) is 9.52 Å². The van der Waals surface area contributed by atoms with E-state index in [9.17, 15) is 13.2 Å². The zero-order chi connectivity index (χ0) is 18.7. The van der Waals surface area contributed by atoms with E-state index in [-0.39, 0.29) is 32.6 Å². The Labute approximate surface area is 162 Å². The number of nitrogens with one attached hydrogen (secondary N) is 2. The number of benzene rings is 2. The summed E-state index contributed by atoms with van der Waals surface area (Å²) in [5, 5.41) is 3.31. The summed E-state index contributed by atoms with van der Waals surface area (Å²) in [4.78, 5) is 12.2. The molecule has 0 unspecified atom stereocenters. The Morgan fingerprint density at radius 1 is 1.04 bits per heavy atom. The number of halogens is 2. The van der Waals surface area contributed by atoms with Gasteiger partial charge in [-0.15, -0.1) is 0 Å². The van der Waals surface area contributed by atoms with Crippen molar-refractivity contribution in [2.75, 3.05) is 4.72 Å². The fraction of sp³-hybridized carbons (Fsp3) is 0.278. The van der Waals surface area contributed by atoms with Crippen LogP contribution in [0.5, 0.6) is 0 Å². The van der Waals surface area contributed by atoms with E-state index in [0.717, 1.165) is 25.7 Å². The van der Waals surface area contributed by atoms with Crippen molar-refractivity contribution in [3.63, 3.8) is 0 Å². The lowest BCUT2D eigenvalue weighted by Gasteiger charge is -2.13. The van der Waals surface area contributed by atoms with E-state index in [2.05, 4.69) is 10.0 Å². The van der Waals surface area contributed by atoms with Crippen molar-refractivity contribution in [2.45, 2.75) is 36.6 Å². The molecule has 3 rings (SSSR count). The second-order valence-electron chi connectivity index (χ2n) is 6.22. The number of amides is 1. The van der Waals surface area contributed by atoms with E-state index in [1.807, 2.05) is 0 Å². The minimum atomic E-state index is -3.93. The number of hydrogen-bond acceptors (Lipinski definition) is 3. The Morgan fingerprint density at radius 3 is 2.50 bits per heavy atom. The molecular formula is C18H18Cl2N2O3S. The molecule has 138 valence electrons. The third-order valence-corrected chi connectivity index (χ3v) is 6.35. The Kier molecular flexibility index (Phi) is 5.75. The number of hydrogen-bond donors (Lipinski definition) is 2. The van der Waals surface area contributed by atoms with Crippen LogP contribution in [0.4, 0.5) is 5.69 Å². The maximum atomic E-state index is 12.6. The van der Waals surface area contributed by atoms with Crippen LogP contribution in [0.15, 0.2) is 47.4 Å². The summed E-state index contributed by atoms with van der Waals surface area (Å²) >= 11 is 11.9.